The van der Waals surface area contributed by atoms with Gasteiger partial charge in [0.2, 0.25) is 0 Å². The average molecular weight is 291 g/mol. The van der Waals surface area contributed by atoms with Crippen molar-refractivity contribution in [3.05, 3.63) is 59.2 Å². The molecule has 0 spiro atoms. The molecule has 4 nitrogen and oxygen atoms in total. The minimum absolute atomic E-state index is 0.0685. The molecule has 0 atom stereocenters. The predicted molar refractivity (Wildman–Crippen MR) is 79.3 cm³/mol. The SMILES string of the molecule is CCc1ccccc1Cc1cccc(N)c1S(=O)(=O)O. The van der Waals surface area contributed by atoms with Gasteiger partial charge < -0.3 is 5.73 Å². The minimum Gasteiger partial charge on any atom is -0.398 e. The van der Waals surface area contributed by atoms with Gasteiger partial charge in [-0.25, -0.2) is 0 Å². The molecule has 2 aromatic carbocycles. The summed E-state index contributed by atoms with van der Waals surface area (Å²) < 4.78 is 32.3. The van der Waals surface area contributed by atoms with Gasteiger partial charge in [0.15, 0.2) is 0 Å². The van der Waals surface area contributed by atoms with E-state index in [1.165, 1.54) is 6.07 Å². The van der Waals surface area contributed by atoms with Crippen LogP contribution in [0.1, 0.15) is 23.6 Å². The minimum atomic E-state index is -4.33. The monoisotopic (exact) mass is 291 g/mol. The number of nitrogen functional groups attached to an aromatic ring is 1. The summed E-state index contributed by atoms with van der Waals surface area (Å²) >= 11 is 0. The fraction of sp³-hybridized carbons (Fsp3) is 0.200. The highest BCUT2D eigenvalue weighted by atomic mass is 32.2. The van der Waals surface area contributed by atoms with E-state index >= 15 is 0 Å². The van der Waals surface area contributed by atoms with E-state index in [1.54, 1.807) is 12.1 Å². The number of rotatable bonds is 4. The van der Waals surface area contributed by atoms with Crippen LogP contribution in [0.25, 0.3) is 0 Å². The molecule has 0 aromatic heterocycles. The lowest BCUT2D eigenvalue weighted by atomic mass is 9.98. The van der Waals surface area contributed by atoms with Crippen molar-refractivity contribution in [1.29, 1.82) is 0 Å². The Morgan fingerprint density at radius 2 is 1.60 bits per heavy atom. The zero-order valence-corrected chi connectivity index (χ0v) is 12.0. The van der Waals surface area contributed by atoms with Crippen LogP contribution in [0.2, 0.25) is 0 Å². The third-order valence-corrected chi connectivity index (χ3v) is 4.28. The summed E-state index contributed by atoms with van der Waals surface area (Å²) in [5.74, 6) is 0. The number of benzene rings is 2. The van der Waals surface area contributed by atoms with Gasteiger partial charge in [-0.05, 0) is 35.6 Å². The van der Waals surface area contributed by atoms with Gasteiger partial charge in [-0.3, -0.25) is 4.55 Å². The van der Waals surface area contributed by atoms with Crippen LogP contribution < -0.4 is 5.73 Å². The molecule has 106 valence electrons. The van der Waals surface area contributed by atoms with Crippen LogP contribution in [0.3, 0.4) is 0 Å². The lowest BCUT2D eigenvalue weighted by molar-refractivity contribution is 0.483. The summed E-state index contributed by atoms with van der Waals surface area (Å²) in [7, 11) is -4.33. The Kier molecular flexibility index (Phi) is 4.11. The molecular formula is C15H17NO3S. The second-order valence-corrected chi connectivity index (χ2v) is 5.97. The van der Waals surface area contributed by atoms with E-state index in [0.717, 1.165) is 17.5 Å². The van der Waals surface area contributed by atoms with Crippen molar-refractivity contribution >= 4 is 15.8 Å². The molecule has 0 radical (unpaired) electrons. The Bertz CT molecular complexity index is 724. The van der Waals surface area contributed by atoms with E-state index in [1.807, 2.05) is 31.2 Å². The molecule has 0 heterocycles. The number of nitrogens with two attached hydrogens (primary N) is 1. The highest BCUT2D eigenvalue weighted by Gasteiger charge is 2.19. The first-order chi connectivity index (χ1) is 9.43. The summed E-state index contributed by atoms with van der Waals surface area (Å²) in [6.07, 6.45) is 1.28. The molecule has 0 fully saturated rings. The second kappa shape index (κ2) is 5.64. The van der Waals surface area contributed by atoms with Gasteiger partial charge in [0.1, 0.15) is 4.90 Å². The quantitative estimate of drug-likeness (QED) is 0.670. The molecule has 0 aliphatic heterocycles. The maximum absolute atomic E-state index is 11.5. The van der Waals surface area contributed by atoms with Gasteiger partial charge in [0.05, 0.1) is 5.69 Å². The third kappa shape index (κ3) is 3.00. The zero-order chi connectivity index (χ0) is 14.8. The molecule has 0 aliphatic rings. The fourth-order valence-electron chi connectivity index (χ4n) is 2.34. The first-order valence-corrected chi connectivity index (χ1v) is 7.79. The van der Waals surface area contributed by atoms with Crippen LogP contribution >= 0.6 is 0 Å². The Labute approximate surface area is 119 Å². The van der Waals surface area contributed by atoms with Crippen molar-refractivity contribution < 1.29 is 13.0 Å². The van der Waals surface area contributed by atoms with Crippen molar-refractivity contribution in [3.63, 3.8) is 0 Å². The van der Waals surface area contributed by atoms with E-state index in [-0.39, 0.29) is 10.6 Å². The molecule has 2 aromatic rings. The van der Waals surface area contributed by atoms with Crippen molar-refractivity contribution in [2.24, 2.45) is 0 Å². The number of hydrogen-bond acceptors (Lipinski definition) is 3. The Morgan fingerprint density at radius 3 is 2.20 bits per heavy atom. The smallest absolute Gasteiger partial charge is 0.296 e. The molecule has 0 saturated heterocycles. The van der Waals surface area contributed by atoms with Crippen LogP contribution in [-0.2, 0) is 23.0 Å². The van der Waals surface area contributed by atoms with E-state index in [9.17, 15) is 13.0 Å². The second-order valence-electron chi connectivity index (χ2n) is 4.61. The Morgan fingerprint density at radius 1 is 1.00 bits per heavy atom. The van der Waals surface area contributed by atoms with Gasteiger partial charge >= 0.3 is 0 Å². The van der Waals surface area contributed by atoms with E-state index in [4.69, 9.17) is 5.73 Å². The summed E-state index contributed by atoms with van der Waals surface area (Å²) in [6.45, 7) is 2.04. The Hall–Kier alpha value is -1.85. The lowest BCUT2D eigenvalue weighted by Crippen LogP contribution is -2.08. The number of anilines is 1. The third-order valence-electron chi connectivity index (χ3n) is 3.27. The summed E-state index contributed by atoms with van der Waals surface area (Å²) in [5.41, 5.74) is 8.45. The van der Waals surface area contributed by atoms with Gasteiger partial charge in [0, 0.05) is 0 Å². The highest BCUT2D eigenvalue weighted by molar-refractivity contribution is 7.86. The van der Waals surface area contributed by atoms with Crippen LogP contribution in [0.5, 0.6) is 0 Å². The van der Waals surface area contributed by atoms with Crippen LogP contribution in [0, 0.1) is 0 Å². The van der Waals surface area contributed by atoms with Crippen molar-refractivity contribution in [2.75, 3.05) is 5.73 Å². The standard InChI is InChI=1S/C15H17NO3S/c1-2-11-6-3-4-7-12(11)10-13-8-5-9-14(16)15(13)20(17,18)19/h3-9H,2,10,16H2,1H3,(H,17,18,19). The summed E-state index contributed by atoms with van der Waals surface area (Å²) in [4.78, 5) is -0.189. The van der Waals surface area contributed by atoms with Crippen molar-refractivity contribution in [1.82, 2.24) is 0 Å². The predicted octanol–water partition coefficient (Wildman–Crippen LogP) is 2.67. The first-order valence-electron chi connectivity index (χ1n) is 6.35. The lowest BCUT2D eigenvalue weighted by Gasteiger charge is -2.12. The largest absolute Gasteiger partial charge is 0.398 e. The first kappa shape index (κ1) is 14.6. The molecule has 2 rings (SSSR count). The summed E-state index contributed by atoms with van der Waals surface area (Å²) in [6, 6.07) is 12.7. The molecular weight excluding hydrogens is 274 g/mol. The molecule has 0 saturated carbocycles. The maximum Gasteiger partial charge on any atom is 0.296 e. The normalized spacial score (nSPS) is 11.5. The van der Waals surface area contributed by atoms with Gasteiger partial charge in [-0.2, -0.15) is 8.42 Å². The van der Waals surface area contributed by atoms with Crippen molar-refractivity contribution in [2.45, 2.75) is 24.7 Å². The van der Waals surface area contributed by atoms with Gasteiger partial charge in [0.25, 0.3) is 10.1 Å². The fourth-order valence-corrected chi connectivity index (χ4v) is 3.18. The molecule has 3 N–H and O–H groups in total. The summed E-state index contributed by atoms with van der Waals surface area (Å²) in [5, 5.41) is 0. The van der Waals surface area contributed by atoms with E-state index in [0.29, 0.717) is 12.0 Å². The molecule has 0 unspecified atom stereocenters. The van der Waals surface area contributed by atoms with Gasteiger partial charge in [-0.15, -0.1) is 0 Å². The molecule has 5 heteroatoms. The molecule has 0 bridgehead atoms. The highest BCUT2D eigenvalue weighted by Crippen LogP contribution is 2.26. The van der Waals surface area contributed by atoms with Gasteiger partial charge in [-0.1, -0.05) is 43.3 Å². The van der Waals surface area contributed by atoms with E-state index in [2.05, 4.69) is 0 Å². The van der Waals surface area contributed by atoms with Crippen LogP contribution in [0.4, 0.5) is 5.69 Å². The average Bonchev–Trinajstić information content (AvgIpc) is 2.38. The zero-order valence-electron chi connectivity index (χ0n) is 11.2. The van der Waals surface area contributed by atoms with Crippen LogP contribution in [-0.4, -0.2) is 13.0 Å². The van der Waals surface area contributed by atoms with Crippen molar-refractivity contribution in [3.8, 4) is 0 Å². The molecule has 0 aliphatic carbocycles. The Balaban J connectivity index is 2.52. The number of hydrogen-bond donors (Lipinski definition) is 2. The molecule has 0 amide bonds. The molecule has 20 heavy (non-hydrogen) atoms. The van der Waals surface area contributed by atoms with Crippen LogP contribution in [0.15, 0.2) is 47.4 Å². The number of aryl methyl sites for hydroxylation is 1. The van der Waals surface area contributed by atoms with E-state index < -0.39 is 10.1 Å². The topological polar surface area (TPSA) is 80.4 Å². The maximum atomic E-state index is 11.5.